The minimum Gasteiger partial charge on any atom is -0.514 e. The smallest absolute Gasteiger partial charge is 0.0978 e. The molecule has 0 aromatic heterocycles. The second-order valence-electron chi connectivity index (χ2n) is 4.10. The Balaban J connectivity index is 3.18. The van der Waals surface area contributed by atoms with Crippen LogP contribution >= 0.6 is 0 Å². The summed E-state index contributed by atoms with van der Waals surface area (Å²) in [5.74, 6) is 0. The summed E-state index contributed by atoms with van der Waals surface area (Å²) in [6.07, 6.45) is 8.89. The molecule has 0 spiro atoms. The van der Waals surface area contributed by atoms with Crippen LogP contribution in [0.1, 0.15) is 58.3 Å². The van der Waals surface area contributed by atoms with Gasteiger partial charge in [0.25, 0.3) is 0 Å². The van der Waals surface area contributed by atoms with Crippen LogP contribution in [0.3, 0.4) is 0 Å². The third-order valence-corrected chi connectivity index (χ3v) is 2.54. The Labute approximate surface area is 93.0 Å². The van der Waals surface area contributed by atoms with E-state index >= 15 is 0 Å². The van der Waals surface area contributed by atoms with Crippen LogP contribution in [0, 0.1) is 0 Å². The molecular formula is C12H25NO2. The van der Waals surface area contributed by atoms with Crippen molar-refractivity contribution in [2.75, 3.05) is 0 Å². The molecule has 0 aromatic rings. The second-order valence-corrected chi connectivity index (χ2v) is 4.10. The topological polar surface area (TPSA) is 66.5 Å². The van der Waals surface area contributed by atoms with Crippen molar-refractivity contribution in [3.63, 3.8) is 0 Å². The molecule has 0 radical (unpaired) electrons. The molecule has 0 aliphatic rings. The zero-order valence-electron chi connectivity index (χ0n) is 9.78. The average molecular weight is 215 g/mol. The quantitative estimate of drug-likeness (QED) is 0.409. The minimum absolute atomic E-state index is 0.114. The van der Waals surface area contributed by atoms with Crippen LogP contribution in [-0.4, -0.2) is 16.3 Å². The number of aliphatic hydroxyl groups is 2. The van der Waals surface area contributed by atoms with E-state index in [1.807, 2.05) is 0 Å². The Morgan fingerprint density at radius 3 is 2.47 bits per heavy atom. The predicted octanol–water partition coefficient (Wildman–Crippen LogP) is 2.85. The zero-order chi connectivity index (χ0) is 11.5. The standard InChI is InChI=1S/C12H25NO2/c1-2-7-12(15)9-6-4-3-5-8-11(13)10-14/h10,12,14-15H,2-9,13H2,1H3. The largest absolute Gasteiger partial charge is 0.514 e. The number of hydrogen-bond acceptors (Lipinski definition) is 3. The van der Waals surface area contributed by atoms with E-state index in [1.165, 1.54) is 0 Å². The highest BCUT2D eigenvalue weighted by molar-refractivity contribution is 4.89. The van der Waals surface area contributed by atoms with Crippen LogP contribution in [0.4, 0.5) is 0 Å². The predicted molar refractivity (Wildman–Crippen MR) is 63.5 cm³/mol. The molecule has 90 valence electrons. The van der Waals surface area contributed by atoms with E-state index in [1.54, 1.807) is 0 Å². The summed E-state index contributed by atoms with van der Waals surface area (Å²) in [4.78, 5) is 0. The number of rotatable bonds is 9. The van der Waals surface area contributed by atoms with Crippen LogP contribution in [-0.2, 0) is 0 Å². The van der Waals surface area contributed by atoms with Crippen molar-refractivity contribution in [1.29, 1.82) is 0 Å². The van der Waals surface area contributed by atoms with Crippen molar-refractivity contribution in [2.24, 2.45) is 5.73 Å². The van der Waals surface area contributed by atoms with Gasteiger partial charge in [-0.15, -0.1) is 0 Å². The van der Waals surface area contributed by atoms with Crippen molar-refractivity contribution in [3.05, 3.63) is 12.0 Å². The summed E-state index contributed by atoms with van der Waals surface area (Å²) < 4.78 is 0. The van der Waals surface area contributed by atoms with Crippen LogP contribution in [0.25, 0.3) is 0 Å². The van der Waals surface area contributed by atoms with E-state index in [2.05, 4.69) is 6.92 Å². The number of unbranched alkanes of at least 4 members (excludes halogenated alkanes) is 3. The van der Waals surface area contributed by atoms with Crippen LogP contribution in [0.15, 0.2) is 12.0 Å². The minimum atomic E-state index is -0.114. The summed E-state index contributed by atoms with van der Waals surface area (Å²) in [5, 5.41) is 18.0. The maximum atomic E-state index is 9.47. The van der Waals surface area contributed by atoms with Gasteiger partial charge in [-0.25, -0.2) is 0 Å². The van der Waals surface area contributed by atoms with Crippen molar-refractivity contribution in [2.45, 2.75) is 64.4 Å². The van der Waals surface area contributed by atoms with Gasteiger partial charge in [-0.1, -0.05) is 32.6 Å². The lowest BCUT2D eigenvalue weighted by Crippen LogP contribution is -2.05. The maximum absolute atomic E-state index is 9.47. The Morgan fingerprint density at radius 2 is 1.87 bits per heavy atom. The molecule has 1 atom stereocenters. The average Bonchev–Trinajstić information content (AvgIpc) is 2.23. The van der Waals surface area contributed by atoms with Crippen molar-refractivity contribution >= 4 is 0 Å². The van der Waals surface area contributed by atoms with Gasteiger partial charge in [-0.05, 0) is 25.7 Å². The van der Waals surface area contributed by atoms with Gasteiger partial charge >= 0.3 is 0 Å². The fraction of sp³-hybridized carbons (Fsp3) is 0.833. The number of hydrogen-bond donors (Lipinski definition) is 3. The fourth-order valence-corrected chi connectivity index (χ4v) is 1.60. The fourth-order valence-electron chi connectivity index (χ4n) is 1.60. The lowest BCUT2D eigenvalue weighted by Gasteiger charge is -2.08. The van der Waals surface area contributed by atoms with Crippen molar-refractivity contribution < 1.29 is 10.2 Å². The maximum Gasteiger partial charge on any atom is 0.0978 e. The molecule has 4 N–H and O–H groups in total. The lowest BCUT2D eigenvalue weighted by molar-refractivity contribution is 0.150. The molecule has 0 saturated heterocycles. The van der Waals surface area contributed by atoms with Crippen molar-refractivity contribution in [3.8, 4) is 0 Å². The second kappa shape index (κ2) is 9.84. The molecule has 15 heavy (non-hydrogen) atoms. The summed E-state index contributed by atoms with van der Waals surface area (Å²) in [5.41, 5.74) is 6.00. The highest BCUT2D eigenvalue weighted by Gasteiger charge is 2.01. The van der Waals surface area contributed by atoms with Gasteiger partial charge in [-0.3, -0.25) is 0 Å². The molecule has 0 fully saturated rings. The first kappa shape index (κ1) is 14.3. The van der Waals surface area contributed by atoms with Crippen LogP contribution in [0.2, 0.25) is 0 Å². The van der Waals surface area contributed by atoms with Gasteiger partial charge in [-0.2, -0.15) is 0 Å². The third kappa shape index (κ3) is 9.60. The molecule has 0 heterocycles. The molecule has 3 heteroatoms. The number of nitrogens with two attached hydrogens (primary N) is 1. The van der Waals surface area contributed by atoms with Gasteiger partial charge in [0.15, 0.2) is 0 Å². The van der Waals surface area contributed by atoms with Crippen LogP contribution < -0.4 is 5.73 Å². The van der Waals surface area contributed by atoms with E-state index in [0.29, 0.717) is 5.70 Å². The Hall–Kier alpha value is -0.700. The Kier molecular flexibility index (Phi) is 9.38. The monoisotopic (exact) mass is 215 g/mol. The first-order valence-electron chi connectivity index (χ1n) is 5.97. The third-order valence-electron chi connectivity index (χ3n) is 2.54. The normalized spacial score (nSPS) is 14.1. The van der Waals surface area contributed by atoms with E-state index in [4.69, 9.17) is 10.8 Å². The molecule has 0 aromatic carbocycles. The molecule has 0 amide bonds. The molecule has 0 bridgehead atoms. The summed E-state index contributed by atoms with van der Waals surface area (Å²) >= 11 is 0. The molecule has 3 nitrogen and oxygen atoms in total. The Morgan fingerprint density at radius 1 is 1.20 bits per heavy atom. The highest BCUT2D eigenvalue weighted by Crippen LogP contribution is 2.11. The molecule has 0 saturated carbocycles. The SMILES string of the molecule is CCCC(O)CCCCCCC(N)=CO. The summed E-state index contributed by atoms with van der Waals surface area (Å²) in [6, 6.07) is 0. The van der Waals surface area contributed by atoms with E-state index in [0.717, 1.165) is 57.6 Å². The zero-order valence-corrected chi connectivity index (χ0v) is 9.78. The van der Waals surface area contributed by atoms with Gasteiger partial charge in [0.05, 0.1) is 12.4 Å². The van der Waals surface area contributed by atoms with Gasteiger partial charge in [0, 0.05) is 5.70 Å². The first-order valence-corrected chi connectivity index (χ1v) is 5.97. The molecular weight excluding hydrogens is 190 g/mol. The molecule has 0 aliphatic carbocycles. The summed E-state index contributed by atoms with van der Waals surface area (Å²) in [7, 11) is 0. The first-order chi connectivity index (χ1) is 7.20. The number of aliphatic hydroxyl groups excluding tert-OH is 2. The molecule has 0 aliphatic heterocycles. The molecule has 0 rings (SSSR count). The van der Waals surface area contributed by atoms with Gasteiger partial charge in [0.1, 0.15) is 0 Å². The molecule has 1 unspecified atom stereocenters. The summed E-state index contributed by atoms with van der Waals surface area (Å²) in [6.45, 7) is 2.09. The van der Waals surface area contributed by atoms with Gasteiger partial charge < -0.3 is 15.9 Å². The van der Waals surface area contributed by atoms with E-state index < -0.39 is 0 Å². The highest BCUT2D eigenvalue weighted by atomic mass is 16.3. The van der Waals surface area contributed by atoms with Crippen LogP contribution in [0.5, 0.6) is 0 Å². The van der Waals surface area contributed by atoms with Crippen molar-refractivity contribution in [1.82, 2.24) is 0 Å². The van der Waals surface area contributed by atoms with E-state index in [-0.39, 0.29) is 6.10 Å². The lowest BCUT2D eigenvalue weighted by atomic mass is 10.0. The van der Waals surface area contributed by atoms with E-state index in [9.17, 15) is 5.11 Å². The number of allylic oxidation sites excluding steroid dienone is 1. The Bertz CT molecular complexity index is 169. The van der Waals surface area contributed by atoms with Gasteiger partial charge in [0.2, 0.25) is 0 Å².